The average molecular weight is 287 g/mol. The number of aryl methyl sites for hydroxylation is 1. The average Bonchev–Trinajstić information content (AvgIpc) is 2.88. The van der Waals surface area contributed by atoms with E-state index < -0.39 is 10.0 Å². The Morgan fingerprint density at radius 3 is 2.89 bits per heavy atom. The Bertz CT molecular complexity index is 617. The third-order valence-electron chi connectivity index (χ3n) is 2.27. The molecule has 18 heavy (non-hydrogen) atoms. The summed E-state index contributed by atoms with van der Waals surface area (Å²) in [5, 5.41) is 5.68. The molecule has 0 saturated carbocycles. The highest BCUT2D eigenvalue weighted by atomic mass is 32.2. The molecule has 2 rings (SSSR count). The molecule has 0 bridgehead atoms. The number of aromatic nitrogens is 3. The van der Waals surface area contributed by atoms with E-state index in [-0.39, 0.29) is 17.3 Å². The van der Waals surface area contributed by atoms with Crippen molar-refractivity contribution >= 4 is 27.2 Å². The Labute approximate surface area is 109 Å². The molecule has 0 amide bonds. The first-order valence-electron chi connectivity index (χ1n) is 5.15. The minimum Gasteiger partial charge on any atom is -0.381 e. The van der Waals surface area contributed by atoms with Gasteiger partial charge >= 0.3 is 0 Å². The van der Waals surface area contributed by atoms with Gasteiger partial charge in [0, 0.05) is 31.6 Å². The fourth-order valence-electron chi connectivity index (χ4n) is 1.44. The predicted molar refractivity (Wildman–Crippen MR) is 68.6 cm³/mol. The second-order valence-corrected chi connectivity index (χ2v) is 6.13. The summed E-state index contributed by atoms with van der Waals surface area (Å²) in [7, 11) is -1.99. The molecule has 9 heteroatoms. The number of nitrogen functional groups attached to an aromatic ring is 1. The van der Waals surface area contributed by atoms with Crippen molar-refractivity contribution in [2.24, 2.45) is 7.05 Å². The zero-order chi connectivity index (χ0) is 13.2. The van der Waals surface area contributed by atoms with Crippen molar-refractivity contribution in [2.75, 3.05) is 12.3 Å². The lowest BCUT2D eigenvalue weighted by atomic mass is 10.3. The number of sulfonamides is 1. The number of nitrogens with zero attached hydrogens (tertiary/aromatic N) is 3. The van der Waals surface area contributed by atoms with Crippen LogP contribution in [0.25, 0.3) is 0 Å². The number of thiazole rings is 1. The second kappa shape index (κ2) is 5.04. The highest BCUT2D eigenvalue weighted by molar-refractivity contribution is 7.89. The van der Waals surface area contributed by atoms with E-state index in [0.717, 1.165) is 5.69 Å². The quantitative estimate of drug-likeness (QED) is 0.804. The Morgan fingerprint density at radius 2 is 2.33 bits per heavy atom. The molecule has 0 aliphatic carbocycles. The summed E-state index contributed by atoms with van der Waals surface area (Å²) in [6.45, 7) is 0.278. The number of nitrogens with one attached hydrogen (secondary N) is 1. The van der Waals surface area contributed by atoms with Gasteiger partial charge in [-0.15, -0.1) is 11.3 Å². The first kappa shape index (κ1) is 13.0. The SMILES string of the molecule is Cn1cc(S(=O)(=O)NCCc2cscn2)c(N)n1. The van der Waals surface area contributed by atoms with Gasteiger partial charge < -0.3 is 5.73 Å². The maximum absolute atomic E-state index is 11.9. The predicted octanol–water partition coefficient (Wildman–Crippen LogP) is -0.0202. The van der Waals surface area contributed by atoms with Crippen LogP contribution < -0.4 is 10.5 Å². The van der Waals surface area contributed by atoms with Gasteiger partial charge in [-0.05, 0) is 0 Å². The third kappa shape index (κ3) is 2.86. The van der Waals surface area contributed by atoms with E-state index in [1.807, 2.05) is 5.38 Å². The van der Waals surface area contributed by atoms with Crippen molar-refractivity contribution in [1.29, 1.82) is 0 Å². The largest absolute Gasteiger partial charge is 0.381 e. The summed E-state index contributed by atoms with van der Waals surface area (Å²) < 4.78 is 27.7. The van der Waals surface area contributed by atoms with Crippen molar-refractivity contribution in [3.63, 3.8) is 0 Å². The van der Waals surface area contributed by atoms with Crippen LogP contribution in [-0.2, 0) is 23.5 Å². The van der Waals surface area contributed by atoms with Gasteiger partial charge in [0.15, 0.2) is 5.82 Å². The number of rotatable bonds is 5. The van der Waals surface area contributed by atoms with Gasteiger partial charge in [0.2, 0.25) is 10.0 Å². The van der Waals surface area contributed by atoms with E-state index in [9.17, 15) is 8.42 Å². The van der Waals surface area contributed by atoms with Crippen LogP contribution in [0.2, 0.25) is 0 Å². The third-order valence-corrected chi connectivity index (χ3v) is 4.38. The Morgan fingerprint density at radius 1 is 1.56 bits per heavy atom. The Balaban J connectivity index is 2.02. The molecule has 0 aliphatic heterocycles. The lowest BCUT2D eigenvalue weighted by Crippen LogP contribution is -2.26. The lowest BCUT2D eigenvalue weighted by molar-refractivity contribution is 0.581. The van der Waals surface area contributed by atoms with Gasteiger partial charge in [0.25, 0.3) is 0 Å². The van der Waals surface area contributed by atoms with Crippen LogP contribution in [0.4, 0.5) is 5.82 Å². The highest BCUT2D eigenvalue weighted by Crippen LogP contribution is 2.14. The van der Waals surface area contributed by atoms with Crippen molar-refractivity contribution in [2.45, 2.75) is 11.3 Å². The molecule has 2 heterocycles. The highest BCUT2D eigenvalue weighted by Gasteiger charge is 2.19. The molecule has 3 N–H and O–H groups in total. The van der Waals surface area contributed by atoms with Crippen molar-refractivity contribution in [3.8, 4) is 0 Å². The van der Waals surface area contributed by atoms with Gasteiger partial charge in [0.05, 0.1) is 11.2 Å². The molecule has 0 saturated heterocycles. The fourth-order valence-corrected chi connectivity index (χ4v) is 3.17. The Kier molecular flexibility index (Phi) is 3.64. The summed E-state index contributed by atoms with van der Waals surface area (Å²) in [5.41, 5.74) is 8.11. The van der Waals surface area contributed by atoms with Gasteiger partial charge in [-0.25, -0.2) is 18.1 Å². The normalized spacial score (nSPS) is 11.8. The second-order valence-electron chi connectivity index (χ2n) is 3.68. The number of anilines is 1. The van der Waals surface area contributed by atoms with E-state index >= 15 is 0 Å². The van der Waals surface area contributed by atoms with Crippen LogP contribution in [0.5, 0.6) is 0 Å². The molecule has 0 spiro atoms. The Hall–Kier alpha value is -1.45. The smallest absolute Gasteiger partial charge is 0.245 e. The summed E-state index contributed by atoms with van der Waals surface area (Å²) in [5.74, 6) is -0.00124. The van der Waals surface area contributed by atoms with Crippen molar-refractivity contribution < 1.29 is 8.42 Å². The first-order chi connectivity index (χ1) is 8.49. The monoisotopic (exact) mass is 287 g/mol. The molecule has 2 aromatic heterocycles. The van der Waals surface area contributed by atoms with Gasteiger partial charge in [-0.1, -0.05) is 0 Å². The van der Waals surface area contributed by atoms with E-state index in [1.54, 1.807) is 12.6 Å². The molecule has 98 valence electrons. The molecular weight excluding hydrogens is 274 g/mol. The van der Waals surface area contributed by atoms with Crippen molar-refractivity contribution in [1.82, 2.24) is 19.5 Å². The van der Waals surface area contributed by atoms with Crippen LogP contribution in [0.1, 0.15) is 5.69 Å². The van der Waals surface area contributed by atoms with Crippen molar-refractivity contribution in [3.05, 3.63) is 22.8 Å². The minimum atomic E-state index is -3.61. The maximum atomic E-state index is 11.9. The van der Waals surface area contributed by atoms with E-state index in [1.165, 1.54) is 22.2 Å². The number of hydrogen-bond acceptors (Lipinski definition) is 6. The summed E-state index contributed by atoms with van der Waals surface area (Å²) in [4.78, 5) is 4.08. The van der Waals surface area contributed by atoms with Gasteiger partial charge in [-0.3, -0.25) is 4.68 Å². The van der Waals surface area contributed by atoms with E-state index in [2.05, 4.69) is 14.8 Å². The minimum absolute atomic E-state index is 0.00124. The van der Waals surface area contributed by atoms with E-state index in [0.29, 0.717) is 6.42 Å². The number of nitrogens with two attached hydrogens (primary N) is 1. The molecule has 0 atom stereocenters. The van der Waals surface area contributed by atoms with E-state index in [4.69, 9.17) is 5.73 Å². The summed E-state index contributed by atoms with van der Waals surface area (Å²) in [6.07, 6.45) is 1.92. The van der Waals surface area contributed by atoms with Gasteiger partial charge in [-0.2, -0.15) is 5.10 Å². The lowest BCUT2D eigenvalue weighted by Gasteiger charge is -2.03. The zero-order valence-corrected chi connectivity index (χ0v) is 11.3. The zero-order valence-electron chi connectivity index (χ0n) is 9.70. The van der Waals surface area contributed by atoms with Crippen LogP contribution in [0, 0.1) is 0 Å². The summed E-state index contributed by atoms with van der Waals surface area (Å²) >= 11 is 1.48. The molecule has 2 aromatic rings. The maximum Gasteiger partial charge on any atom is 0.245 e. The molecule has 0 fully saturated rings. The topological polar surface area (TPSA) is 103 Å². The van der Waals surface area contributed by atoms with Crippen LogP contribution in [0.3, 0.4) is 0 Å². The molecule has 0 radical (unpaired) electrons. The molecule has 7 nitrogen and oxygen atoms in total. The summed E-state index contributed by atoms with van der Waals surface area (Å²) in [6, 6.07) is 0. The van der Waals surface area contributed by atoms with Gasteiger partial charge in [0.1, 0.15) is 4.90 Å². The van der Waals surface area contributed by atoms with Crippen LogP contribution >= 0.6 is 11.3 Å². The molecular formula is C9H13N5O2S2. The molecule has 0 unspecified atom stereocenters. The molecule has 0 aromatic carbocycles. The first-order valence-corrected chi connectivity index (χ1v) is 7.57. The molecule has 0 aliphatic rings. The standard InChI is InChI=1S/C9H13N5O2S2/c1-14-4-8(9(10)13-14)18(15,16)12-3-2-7-5-17-6-11-7/h4-6,12H,2-3H2,1H3,(H2,10,13). The number of hydrogen-bond donors (Lipinski definition) is 2. The fraction of sp³-hybridized carbons (Fsp3) is 0.333. The van der Waals surface area contributed by atoms with Crippen LogP contribution in [-0.4, -0.2) is 29.7 Å². The van der Waals surface area contributed by atoms with Crippen LogP contribution in [0.15, 0.2) is 22.0 Å².